The minimum absolute atomic E-state index is 0.256. The van der Waals surface area contributed by atoms with Crippen LogP contribution in [-0.2, 0) is 0 Å². The number of nitrogens with zero attached hydrogens (tertiary/aromatic N) is 2. The van der Waals surface area contributed by atoms with Gasteiger partial charge >= 0.3 is 0 Å². The van der Waals surface area contributed by atoms with Crippen LogP contribution in [0.4, 0.5) is 0 Å². The van der Waals surface area contributed by atoms with E-state index >= 15 is 0 Å². The molecule has 2 aromatic rings. The number of benzene rings is 1. The molecule has 0 unspecified atom stereocenters. The van der Waals surface area contributed by atoms with Gasteiger partial charge in [0.05, 0.1) is 24.6 Å². The zero-order valence-electron chi connectivity index (χ0n) is 12.6. The van der Waals surface area contributed by atoms with Crippen LogP contribution in [0.2, 0.25) is 0 Å². The van der Waals surface area contributed by atoms with Crippen molar-refractivity contribution in [2.24, 2.45) is 0 Å². The monoisotopic (exact) mass is 284 g/mol. The van der Waals surface area contributed by atoms with Crippen LogP contribution in [-0.4, -0.2) is 28.1 Å². The highest BCUT2D eigenvalue weighted by atomic mass is 16.5. The highest BCUT2D eigenvalue weighted by Crippen LogP contribution is 2.33. The maximum absolute atomic E-state index is 9.70. The maximum atomic E-state index is 9.70. The van der Waals surface area contributed by atoms with Crippen molar-refractivity contribution >= 4 is 0 Å². The van der Waals surface area contributed by atoms with Crippen LogP contribution in [0.15, 0.2) is 36.4 Å². The fraction of sp³-hybridized carbons (Fsp3) is 0.353. The van der Waals surface area contributed by atoms with E-state index in [9.17, 15) is 5.11 Å². The number of hydrogen-bond donors (Lipinski definition) is 1. The topological polar surface area (TPSA) is 47.3 Å². The summed E-state index contributed by atoms with van der Waals surface area (Å²) in [6.45, 7) is 4.11. The first-order valence-electron chi connectivity index (χ1n) is 7.17. The summed E-state index contributed by atoms with van der Waals surface area (Å²) >= 11 is 0. The molecule has 4 heteroatoms. The third kappa shape index (κ3) is 2.47. The van der Waals surface area contributed by atoms with Crippen LogP contribution in [0.3, 0.4) is 0 Å². The minimum Gasteiger partial charge on any atom is -0.497 e. The third-order valence-electron chi connectivity index (χ3n) is 4.10. The molecular weight excluding hydrogens is 264 g/mol. The van der Waals surface area contributed by atoms with Crippen molar-refractivity contribution in [2.75, 3.05) is 7.11 Å². The second-order valence-corrected chi connectivity index (χ2v) is 5.49. The average Bonchev–Trinajstić information content (AvgIpc) is 3.02. The van der Waals surface area contributed by atoms with Crippen molar-refractivity contribution in [3.63, 3.8) is 0 Å². The smallest absolute Gasteiger partial charge is 0.119 e. The molecule has 1 aromatic heterocycles. The number of rotatable bonds is 3. The van der Waals surface area contributed by atoms with Gasteiger partial charge in [-0.1, -0.05) is 12.2 Å². The highest BCUT2D eigenvalue weighted by Gasteiger charge is 2.25. The first-order chi connectivity index (χ1) is 10.1. The summed E-state index contributed by atoms with van der Waals surface area (Å²) < 4.78 is 7.15. The van der Waals surface area contributed by atoms with E-state index in [0.29, 0.717) is 0 Å². The predicted octanol–water partition coefficient (Wildman–Crippen LogP) is 2.90. The van der Waals surface area contributed by atoms with E-state index in [1.165, 1.54) is 5.56 Å². The predicted molar refractivity (Wildman–Crippen MR) is 82.1 cm³/mol. The summed E-state index contributed by atoms with van der Waals surface area (Å²) in [6, 6.07) is 7.87. The van der Waals surface area contributed by atoms with Crippen molar-refractivity contribution in [1.82, 2.24) is 9.78 Å². The summed E-state index contributed by atoms with van der Waals surface area (Å²) in [7, 11) is 1.66. The van der Waals surface area contributed by atoms with Gasteiger partial charge in [0.25, 0.3) is 0 Å². The molecule has 1 heterocycles. The Balaban J connectivity index is 1.99. The molecule has 2 atom stereocenters. The van der Waals surface area contributed by atoms with Crippen LogP contribution in [0.25, 0.3) is 5.69 Å². The molecule has 0 spiro atoms. The van der Waals surface area contributed by atoms with Crippen LogP contribution in [0, 0.1) is 13.8 Å². The Bertz CT molecular complexity index is 671. The zero-order chi connectivity index (χ0) is 15.0. The first kappa shape index (κ1) is 13.9. The molecular formula is C17H20N2O2. The number of aliphatic hydroxyl groups excluding tert-OH is 1. The fourth-order valence-corrected chi connectivity index (χ4v) is 3.06. The van der Waals surface area contributed by atoms with Gasteiger partial charge in [0.15, 0.2) is 0 Å². The Kier molecular flexibility index (Phi) is 3.55. The fourth-order valence-electron chi connectivity index (χ4n) is 3.06. The van der Waals surface area contributed by atoms with Crippen LogP contribution < -0.4 is 4.74 Å². The van der Waals surface area contributed by atoms with Crippen LogP contribution in [0.1, 0.15) is 29.3 Å². The normalized spacial score (nSPS) is 21.0. The molecule has 110 valence electrons. The Hall–Kier alpha value is -2.07. The molecule has 0 bridgehead atoms. The molecule has 1 aromatic carbocycles. The summed E-state index contributed by atoms with van der Waals surface area (Å²) in [6.07, 6.45) is 4.36. The number of aromatic nitrogens is 2. The van der Waals surface area contributed by atoms with Gasteiger partial charge in [0.2, 0.25) is 0 Å². The lowest BCUT2D eigenvalue weighted by Crippen LogP contribution is -2.03. The lowest BCUT2D eigenvalue weighted by atomic mass is 9.96. The molecule has 4 nitrogen and oxygen atoms in total. The van der Waals surface area contributed by atoms with Crippen LogP contribution >= 0.6 is 0 Å². The SMILES string of the molecule is COc1ccc(-n2nc(C)c([C@H]3C=C[C@@H](O)C3)c2C)cc1. The van der Waals surface area contributed by atoms with Gasteiger partial charge in [-0.2, -0.15) is 5.10 Å². The molecule has 1 aliphatic carbocycles. The molecule has 0 radical (unpaired) electrons. The quantitative estimate of drug-likeness (QED) is 0.882. The van der Waals surface area contributed by atoms with E-state index in [0.717, 1.165) is 29.2 Å². The van der Waals surface area contributed by atoms with Crippen molar-refractivity contribution in [3.8, 4) is 11.4 Å². The number of allylic oxidation sites excluding steroid dienone is 1. The van der Waals surface area contributed by atoms with E-state index in [-0.39, 0.29) is 12.0 Å². The van der Waals surface area contributed by atoms with E-state index in [1.807, 2.05) is 41.9 Å². The molecule has 0 saturated heterocycles. The standard InChI is InChI=1S/C17H20N2O2/c1-11-17(13-4-7-15(20)10-13)12(2)19(18-11)14-5-8-16(21-3)9-6-14/h4-9,13,15,20H,10H2,1-3H3/t13-,15+/m0/s1. The molecule has 21 heavy (non-hydrogen) atoms. The van der Waals surface area contributed by atoms with Crippen LogP contribution in [0.5, 0.6) is 5.75 Å². The maximum Gasteiger partial charge on any atom is 0.119 e. The number of aryl methyl sites for hydroxylation is 1. The summed E-state index contributed by atoms with van der Waals surface area (Å²) in [5, 5.41) is 14.4. The molecule has 0 amide bonds. The second-order valence-electron chi connectivity index (χ2n) is 5.49. The molecule has 0 fully saturated rings. The van der Waals surface area contributed by atoms with Gasteiger partial charge in [-0.25, -0.2) is 4.68 Å². The number of hydrogen-bond acceptors (Lipinski definition) is 3. The molecule has 3 rings (SSSR count). The van der Waals surface area contributed by atoms with E-state index < -0.39 is 0 Å². The zero-order valence-corrected chi connectivity index (χ0v) is 12.6. The van der Waals surface area contributed by atoms with Crippen molar-refractivity contribution in [2.45, 2.75) is 32.3 Å². The first-order valence-corrected chi connectivity index (χ1v) is 7.17. The summed E-state index contributed by atoms with van der Waals surface area (Å²) in [5.41, 5.74) is 4.39. The lowest BCUT2D eigenvalue weighted by molar-refractivity contribution is 0.218. The third-order valence-corrected chi connectivity index (χ3v) is 4.10. The highest BCUT2D eigenvalue weighted by molar-refractivity contribution is 5.43. The van der Waals surface area contributed by atoms with Gasteiger partial charge in [-0.3, -0.25) is 0 Å². The van der Waals surface area contributed by atoms with Gasteiger partial charge in [0, 0.05) is 17.2 Å². The van der Waals surface area contributed by atoms with Gasteiger partial charge in [-0.05, 0) is 44.5 Å². The number of aliphatic hydroxyl groups is 1. The van der Waals surface area contributed by atoms with E-state index in [4.69, 9.17) is 4.74 Å². The Morgan fingerprint density at radius 1 is 1.19 bits per heavy atom. The number of ether oxygens (including phenoxy) is 1. The second kappa shape index (κ2) is 5.37. The van der Waals surface area contributed by atoms with E-state index in [2.05, 4.69) is 18.1 Å². The molecule has 1 N–H and O–H groups in total. The van der Waals surface area contributed by atoms with Crippen molar-refractivity contribution < 1.29 is 9.84 Å². The largest absolute Gasteiger partial charge is 0.497 e. The Morgan fingerprint density at radius 2 is 1.90 bits per heavy atom. The average molecular weight is 284 g/mol. The number of methoxy groups -OCH3 is 1. The van der Waals surface area contributed by atoms with Gasteiger partial charge in [0.1, 0.15) is 5.75 Å². The summed E-state index contributed by atoms with van der Waals surface area (Å²) in [4.78, 5) is 0. The van der Waals surface area contributed by atoms with Crippen molar-refractivity contribution in [1.29, 1.82) is 0 Å². The summed E-state index contributed by atoms with van der Waals surface area (Å²) in [5.74, 6) is 1.09. The lowest BCUT2D eigenvalue weighted by Gasteiger charge is -2.11. The molecule has 1 aliphatic rings. The van der Waals surface area contributed by atoms with Gasteiger partial charge < -0.3 is 9.84 Å². The Labute approximate surface area is 124 Å². The molecule has 0 aliphatic heterocycles. The van der Waals surface area contributed by atoms with E-state index in [1.54, 1.807) is 7.11 Å². The Morgan fingerprint density at radius 3 is 2.48 bits per heavy atom. The van der Waals surface area contributed by atoms with Gasteiger partial charge in [-0.15, -0.1) is 0 Å². The minimum atomic E-state index is -0.335. The molecule has 0 saturated carbocycles. The van der Waals surface area contributed by atoms with Crippen molar-refractivity contribution in [3.05, 3.63) is 53.4 Å².